The lowest BCUT2D eigenvalue weighted by atomic mass is 10.2. The van der Waals surface area contributed by atoms with Gasteiger partial charge in [0.25, 0.3) is 11.1 Å². The molecule has 1 aromatic heterocycles. The van der Waals surface area contributed by atoms with Crippen LogP contribution in [0.4, 0.5) is 4.79 Å². The van der Waals surface area contributed by atoms with Gasteiger partial charge in [-0.2, -0.15) is 5.10 Å². The second kappa shape index (κ2) is 11.2. The molecule has 0 bridgehead atoms. The monoisotopic (exact) mass is 528 g/mol. The van der Waals surface area contributed by atoms with Gasteiger partial charge in [0.15, 0.2) is 11.5 Å². The molecule has 186 valence electrons. The van der Waals surface area contributed by atoms with Crippen molar-refractivity contribution < 1.29 is 28.7 Å². The van der Waals surface area contributed by atoms with Crippen LogP contribution in [0, 0.1) is 0 Å². The van der Waals surface area contributed by atoms with Gasteiger partial charge in [-0.05, 0) is 42.8 Å². The van der Waals surface area contributed by atoms with Crippen LogP contribution in [0.5, 0.6) is 11.5 Å². The van der Waals surface area contributed by atoms with Crippen LogP contribution in [-0.4, -0.2) is 45.7 Å². The Morgan fingerprint density at radius 1 is 1.17 bits per heavy atom. The summed E-state index contributed by atoms with van der Waals surface area (Å²) in [6.45, 7) is 1.87. The van der Waals surface area contributed by atoms with Crippen LogP contribution in [0.25, 0.3) is 10.2 Å². The minimum absolute atomic E-state index is 0.140. The molecule has 13 heteroatoms. The summed E-state index contributed by atoms with van der Waals surface area (Å²) in [4.78, 5) is 59.4. The summed E-state index contributed by atoms with van der Waals surface area (Å²) in [7, 11) is 0. The average Bonchev–Trinajstić information content (AvgIpc) is 3.32. The number of hydrogen-bond donors (Lipinski definition) is 2. The largest absolute Gasteiger partial charge is 0.490 e. The number of hydrazone groups is 1. The summed E-state index contributed by atoms with van der Waals surface area (Å²) in [5.74, 6) is -1.29. The van der Waals surface area contributed by atoms with Crippen molar-refractivity contribution >= 4 is 62.6 Å². The number of rotatable bonds is 9. The fourth-order valence-corrected chi connectivity index (χ4v) is 5.02. The minimum Gasteiger partial charge on any atom is -0.490 e. The average molecular weight is 529 g/mol. The second-order valence-electron chi connectivity index (χ2n) is 7.42. The molecule has 0 spiro atoms. The predicted octanol–water partition coefficient (Wildman–Crippen LogP) is 2.26. The molecule has 2 aromatic carbocycles. The Hall–Kier alpha value is -3.97. The molecule has 2 N–H and O–H groups in total. The van der Waals surface area contributed by atoms with E-state index in [2.05, 4.69) is 15.8 Å². The number of carbonyl (C=O) groups excluding carboxylic acids is 4. The molecule has 1 atom stereocenters. The Labute approximate surface area is 212 Å². The van der Waals surface area contributed by atoms with Gasteiger partial charge in [-0.25, -0.2) is 5.43 Å². The number of imide groups is 1. The second-order valence-corrected chi connectivity index (χ2v) is 9.58. The molecule has 11 nitrogen and oxygen atoms in total. The third kappa shape index (κ3) is 5.98. The quantitative estimate of drug-likeness (QED) is 0.186. The first kappa shape index (κ1) is 25.1. The maximum absolute atomic E-state index is 12.3. The van der Waals surface area contributed by atoms with Gasteiger partial charge < -0.3 is 9.47 Å². The Bertz CT molecular complexity index is 1430. The maximum atomic E-state index is 12.3. The number of thiazole rings is 1. The van der Waals surface area contributed by atoms with Crippen molar-refractivity contribution in [3.8, 4) is 11.5 Å². The lowest BCUT2D eigenvalue weighted by Gasteiger charge is -2.12. The van der Waals surface area contributed by atoms with Crippen LogP contribution in [0.2, 0.25) is 0 Å². The number of nitrogens with zero attached hydrogens (tertiary/aromatic N) is 2. The van der Waals surface area contributed by atoms with Crippen molar-refractivity contribution in [3.05, 3.63) is 57.7 Å². The van der Waals surface area contributed by atoms with Gasteiger partial charge in [0.1, 0.15) is 11.8 Å². The Morgan fingerprint density at radius 3 is 2.72 bits per heavy atom. The van der Waals surface area contributed by atoms with E-state index < -0.39 is 28.3 Å². The fourth-order valence-electron chi connectivity index (χ4n) is 3.32. The fraction of sp³-hybridized carbons (Fsp3) is 0.217. The molecule has 4 rings (SSSR count). The molecular formula is C23H20N4O7S2. The zero-order valence-electron chi connectivity index (χ0n) is 18.9. The Morgan fingerprint density at radius 2 is 1.97 bits per heavy atom. The van der Waals surface area contributed by atoms with E-state index in [1.54, 1.807) is 31.2 Å². The highest BCUT2D eigenvalue weighted by molar-refractivity contribution is 8.15. The third-order valence-corrected chi connectivity index (χ3v) is 6.83. The van der Waals surface area contributed by atoms with Crippen LogP contribution in [0.3, 0.4) is 0 Å². The number of ether oxygens (including phenoxy) is 2. The zero-order chi connectivity index (χ0) is 25.7. The molecule has 36 heavy (non-hydrogen) atoms. The van der Waals surface area contributed by atoms with Gasteiger partial charge in [-0.1, -0.05) is 35.2 Å². The molecule has 0 radical (unpaired) electrons. The van der Waals surface area contributed by atoms with Gasteiger partial charge in [-0.3, -0.25) is 33.9 Å². The van der Waals surface area contributed by atoms with E-state index in [1.165, 1.54) is 16.8 Å². The van der Waals surface area contributed by atoms with E-state index in [0.29, 0.717) is 17.7 Å². The number of benzene rings is 2. The van der Waals surface area contributed by atoms with Crippen LogP contribution in [0.1, 0.15) is 18.9 Å². The first-order valence-electron chi connectivity index (χ1n) is 10.7. The van der Waals surface area contributed by atoms with Crippen molar-refractivity contribution in [2.75, 3.05) is 6.61 Å². The summed E-state index contributed by atoms with van der Waals surface area (Å²) >= 11 is 1.81. The molecule has 1 aliphatic heterocycles. The minimum atomic E-state index is -0.835. The smallest absolute Gasteiger partial charge is 0.312 e. The summed E-state index contributed by atoms with van der Waals surface area (Å²) < 4.78 is 13.0. The number of carbonyl (C=O) groups is 4. The molecule has 1 fully saturated rings. The molecule has 3 amide bonds. The van der Waals surface area contributed by atoms with Gasteiger partial charge in [0.05, 0.1) is 29.5 Å². The number of aromatic nitrogens is 1. The SMILES string of the molecule is CCOc1cc(/C=N\NC(=O)Cn2c(=O)sc3ccccc32)ccc1OC(=O)C[C@@H]1SC(=O)NC1=O. The zero-order valence-corrected chi connectivity index (χ0v) is 20.5. The normalized spacial score (nSPS) is 15.3. The van der Waals surface area contributed by atoms with Crippen LogP contribution in [0.15, 0.2) is 52.4 Å². The molecule has 1 saturated heterocycles. The van der Waals surface area contributed by atoms with Crippen molar-refractivity contribution in [1.82, 2.24) is 15.3 Å². The molecule has 0 saturated carbocycles. The van der Waals surface area contributed by atoms with Gasteiger partial charge >= 0.3 is 10.8 Å². The van der Waals surface area contributed by atoms with E-state index in [9.17, 15) is 24.0 Å². The number of nitrogens with one attached hydrogen (secondary N) is 2. The number of esters is 1. The highest BCUT2D eigenvalue weighted by Gasteiger charge is 2.34. The van der Waals surface area contributed by atoms with E-state index in [4.69, 9.17) is 9.47 Å². The van der Waals surface area contributed by atoms with Gasteiger partial charge in [0, 0.05) is 0 Å². The van der Waals surface area contributed by atoms with Crippen molar-refractivity contribution in [2.24, 2.45) is 5.10 Å². The van der Waals surface area contributed by atoms with Crippen LogP contribution in [-0.2, 0) is 20.9 Å². The van der Waals surface area contributed by atoms with Crippen molar-refractivity contribution in [2.45, 2.75) is 25.1 Å². The number of amides is 3. The van der Waals surface area contributed by atoms with E-state index in [-0.39, 0.29) is 29.3 Å². The topological polar surface area (TPSA) is 145 Å². The molecule has 3 aromatic rings. The van der Waals surface area contributed by atoms with Crippen LogP contribution >= 0.6 is 23.1 Å². The Balaban J connectivity index is 1.38. The number of hydrogen-bond acceptors (Lipinski definition) is 10. The van der Waals surface area contributed by atoms with Crippen molar-refractivity contribution in [1.29, 1.82) is 0 Å². The van der Waals surface area contributed by atoms with Gasteiger partial charge in [0.2, 0.25) is 5.91 Å². The number of thioether (sulfide) groups is 1. The predicted molar refractivity (Wildman–Crippen MR) is 135 cm³/mol. The molecule has 0 aliphatic carbocycles. The van der Waals surface area contributed by atoms with Crippen molar-refractivity contribution in [3.63, 3.8) is 0 Å². The first-order valence-corrected chi connectivity index (χ1v) is 12.4. The highest BCUT2D eigenvalue weighted by atomic mass is 32.2. The first-order chi connectivity index (χ1) is 17.3. The van der Waals surface area contributed by atoms with E-state index >= 15 is 0 Å². The lowest BCUT2D eigenvalue weighted by molar-refractivity contribution is -0.136. The maximum Gasteiger partial charge on any atom is 0.312 e. The van der Waals surface area contributed by atoms with E-state index in [1.807, 2.05) is 12.1 Å². The summed E-state index contributed by atoms with van der Waals surface area (Å²) in [5, 5.41) is 4.71. The summed E-state index contributed by atoms with van der Waals surface area (Å²) in [6.07, 6.45) is 1.11. The van der Waals surface area contributed by atoms with Gasteiger partial charge in [-0.15, -0.1) is 0 Å². The molecule has 0 unspecified atom stereocenters. The molecular weight excluding hydrogens is 508 g/mol. The molecule has 1 aliphatic rings. The summed E-state index contributed by atoms with van der Waals surface area (Å²) in [6, 6.07) is 11.9. The third-order valence-electron chi connectivity index (χ3n) is 4.89. The standard InChI is InChI=1S/C23H20N4O7S2/c1-2-33-16-9-13(7-8-15(16)34-20(29)10-18-21(30)25-22(31)35-18)11-24-26-19(28)12-27-14-5-3-4-6-17(14)36-23(27)32/h3-9,11,18H,2,10,12H2,1H3,(H,26,28)(H,25,30,31)/b24-11-/t18-/m0/s1. The molecule has 2 heterocycles. The lowest BCUT2D eigenvalue weighted by Crippen LogP contribution is -2.27. The highest BCUT2D eigenvalue weighted by Crippen LogP contribution is 2.30. The van der Waals surface area contributed by atoms with Crippen LogP contribution < -0.4 is 25.1 Å². The van der Waals surface area contributed by atoms with E-state index in [0.717, 1.165) is 27.8 Å². The number of fused-ring (bicyclic) bond motifs is 1. The summed E-state index contributed by atoms with van der Waals surface area (Å²) in [5.41, 5.74) is 3.62. The Kier molecular flexibility index (Phi) is 7.80. The number of para-hydroxylation sites is 1.